The number of sulfonamides is 1. The summed E-state index contributed by atoms with van der Waals surface area (Å²) in [5.74, 6) is 0.168. The van der Waals surface area contributed by atoms with E-state index < -0.39 is 10.0 Å². The first kappa shape index (κ1) is 15.8. The van der Waals surface area contributed by atoms with Crippen LogP contribution in [0.3, 0.4) is 0 Å². The molecule has 1 amide bonds. The molecule has 2 atom stereocenters. The standard InChI is InChI=1S/C15H19ClN2O3S/c1-10-12(4-3-5-13(10)16)15(19)17-8-11-6-7-18(14(11)9-17)22(2,20)21/h3-5,11,14H,6-9H2,1-2H3/t11-,14+/m1/s1. The van der Waals surface area contributed by atoms with Gasteiger partial charge in [0, 0.05) is 36.3 Å². The molecule has 0 N–H and O–H groups in total. The zero-order chi connectivity index (χ0) is 16.1. The predicted molar refractivity (Wildman–Crippen MR) is 85.5 cm³/mol. The van der Waals surface area contributed by atoms with Gasteiger partial charge in [-0.15, -0.1) is 0 Å². The third kappa shape index (κ3) is 2.64. The van der Waals surface area contributed by atoms with Gasteiger partial charge in [-0.1, -0.05) is 17.7 Å². The summed E-state index contributed by atoms with van der Waals surface area (Å²) in [6.45, 7) is 3.46. The maximum Gasteiger partial charge on any atom is 0.254 e. The van der Waals surface area contributed by atoms with Gasteiger partial charge in [0.25, 0.3) is 5.91 Å². The maximum atomic E-state index is 12.7. The SMILES string of the molecule is Cc1c(Cl)cccc1C(=O)N1C[C@H]2CCN(S(C)(=O)=O)[C@H]2C1. The average Bonchev–Trinajstić information content (AvgIpc) is 2.99. The van der Waals surface area contributed by atoms with Crippen molar-refractivity contribution in [1.82, 2.24) is 9.21 Å². The van der Waals surface area contributed by atoms with Crippen LogP contribution in [0, 0.1) is 12.8 Å². The van der Waals surface area contributed by atoms with Crippen LogP contribution >= 0.6 is 11.6 Å². The Kier molecular flexibility index (Phi) is 3.95. The molecule has 2 heterocycles. The number of hydrogen-bond donors (Lipinski definition) is 0. The number of amides is 1. The molecule has 2 fully saturated rings. The van der Waals surface area contributed by atoms with Crippen molar-refractivity contribution in [1.29, 1.82) is 0 Å². The molecule has 7 heteroatoms. The molecule has 0 radical (unpaired) electrons. The van der Waals surface area contributed by atoms with Crippen LogP contribution in [-0.2, 0) is 10.0 Å². The van der Waals surface area contributed by atoms with Gasteiger partial charge in [-0.2, -0.15) is 4.31 Å². The van der Waals surface area contributed by atoms with Crippen molar-refractivity contribution in [3.8, 4) is 0 Å². The van der Waals surface area contributed by atoms with Crippen molar-refractivity contribution in [3.63, 3.8) is 0 Å². The summed E-state index contributed by atoms with van der Waals surface area (Å²) in [5.41, 5.74) is 1.37. The summed E-state index contributed by atoms with van der Waals surface area (Å²) in [4.78, 5) is 14.5. The fourth-order valence-corrected chi connectivity index (χ4v) is 4.85. The molecule has 2 aliphatic rings. The van der Waals surface area contributed by atoms with Gasteiger partial charge in [-0.25, -0.2) is 8.42 Å². The van der Waals surface area contributed by atoms with E-state index in [0.717, 1.165) is 12.0 Å². The highest BCUT2D eigenvalue weighted by Gasteiger charge is 2.46. The minimum Gasteiger partial charge on any atom is -0.337 e. The largest absolute Gasteiger partial charge is 0.337 e. The van der Waals surface area contributed by atoms with Gasteiger partial charge in [-0.3, -0.25) is 4.79 Å². The van der Waals surface area contributed by atoms with E-state index in [1.165, 1.54) is 10.6 Å². The van der Waals surface area contributed by atoms with Gasteiger partial charge in [0.2, 0.25) is 10.0 Å². The Morgan fingerprint density at radius 3 is 2.73 bits per heavy atom. The number of nitrogens with zero attached hydrogens (tertiary/aromatic N) is 2. The summed E-state index contributed by atoms with van der Waals surface area (Å²) < 4.78 is 25.2. The maximum absolute atomic E-state index is 12.7. The van der Waals surface area contributed by atoms with Crippen LogP contribution in [0.4, 0.5) is 0 Å². The number of rotatable bonds is 2. The molecule has 5 nitrogen and oxygen atoms in total. The lowest BCUT2D eigenvalue weighted by Gasteiger charge is -2.23. The minimum absolute atomic E-state index is 0.0668. The Balaban J connectivity index is 1.81. The van der Waals surface area contributed by atoms with E-state index in [0.29, 0.717) is 30.2 Å². The first-order valence-corrected chi connectivity index (χ1v) is 9.53. The summed E-state index contributed by atoms with van der Waals surface area (Å²) in [6.07, 6.45) is 2.05. The molecule has 22 heavy (non-hydrogen) atoms. The Morgan fingerprint density at radius 2 is 2.05 bits per heavy atom. The van der Waals surface area contributed by atoms with Crippen LogP contribution in [0.1, 0.15) is 22.3 Å². The van der Waals surface area contributed by atoms with Gasteiger partial charge in [0.1, 0.15) is 0 Å². The van der Waals surface area contributed by atoms with E-state index in [1.807, 2.05) is 6.92 Å². The molecule has 120 valence electrons. The van der Waals surface area contributed by atoms with E-state index in [9.17, 15) is 13.2 Å². The molecule has 1 aromatic rings. The van der Waals surface area contributed by atoms with Gasteiger partial charge >= 0.3 is 0 Å². The first-order chi connectivity index (χ1) is 10.3. The van der Waals surface area contributed by atoms with Gasteiger partial charge < -0.3 is 4.90 Å². The molecule has 0 aromatic heterocycles. The summed E-state index contributed by atoms with van der Waals surface area (Å²) in [6, 6.07) is 5.21. The second kappa shape index (κ2) is 5.51. The predicted octanol–water partition coefficient (Wildman–Crippen LogP) is 1.75. The third-order valence-corrected chi connectivity index (χ3v) is 6.42. The van der Waals surface area contributed by atoms with Crippen LogP contribution in [0.25, 0.3) is 0 Å². The van der Waals surface area contributed by atoms with Crippen LogP contribution in [0.15, 0.2) is 18.2 Å². The second-order valence-electron chi connectivity index (χ2n) is 6.11. The smallest absolute Gasteiger partial charge is 0.254 e. The average molecular weight is 343 g/mol. The van der Waals surface area contributed by atoms with Crippen molar-refractivity contribution < 1.29 is 13.2 Å². The minimum atomic E-state index is -3.21. The monoisotopic (exact) mass is 342 g/mol. The number of benzene rings is 1. The van der Waals surface area contributed by atoms with Crippen LogP contribution in [-0.4, -0.2) is 55.5 Å². The molecule has 2 saturated heterocycles. The van der Waals surface area contributed by atoms with Crippen molar-refractivity contribution in [2.45, 2.75) is 19.4 Å². The zero-order valence-electron chi connectivity index (χ0n) is 12.6. The zero-order valence-corrected chi connectivity index (χ0v) is 14.2. The summed E-state index contributed by atoms with van der Waals surface area (Å²) >= 11 is 6.09. The lowest BCUT2D eigenvalue weighted by atomic mass is 10.1. The second-order valence-corrected chi connectivity index (χ2v) is 8.45. The lowest BCUT2D eigenvalue weighted by molar-refractivity contribution is 0.0777. The van der Waals surface area contributed by atoms with Gasteiger partial charge in [0.05, 0.1) is 6.26 Å². The highest BCUT2D eigenvalue weighted by molar-refractivity contribution is 7.88. The molecule has 0 saturated carbocycles. The van der Waals surface area contributed by atoms with Crippen molar-refractivity contribution >= 4 is 27.5 Å². The topological polar surface area (TPSA) is 57.7 Å². The number of fused-ring (bicyclic) bond motifs is 1. The Labute approximate surface area is 135 Å². The molecule has 0 spiro atoms. The van der Waals surface area contributed by atoms with Crippen LogP contribution < -0.4 is 0 Å². The number of hydrogen-bond acceptors (Lipinski definition) is 3. The molecule has 0 unspecified atom stereocenters. The Hall–Kier alpha value is -1.11. The van der Waals surface area contributed by atoms with E-state index in [4.69, 9.17) is 11.6 Å². The van der Waals surface area contributed by atoms with E-state index in [1.54, 1.807) is 23.1 Å². The third-order valence-electron chi connectivity index (χ3n) is 4.71. The summed E-state index contributed by atoms with van der Waals surface area (Å²) in [7, 11) is -3.21. The fraction of sp³-hybridized carbons (Fsp3) is 0.533. The normalized spacial score (nSPS) is 25.5. The first-order valence-electron chi connectivity index (χ1n) is 7.30. The Bertz CT molecular complexity index is 719. The number of carbonyl (C=O) groups excluding carboxylic acids is 1. The highest BCUT2D eigenvalue weighted by Crippen LogP contribution is 2.34. The van der Waals surface area contributed by atoms with E-state index in [2.05, 4.69) is 0 Å². The van der Waals surface area contributed by atoms with Crippen molar-refractivity contribution in [2.24, 2.45) is 5.92 Å². The summed E-state index contributed by atoms with van der Waals surface area (Å²) in [5, 5.41) is 0.572. The molecular weight excluding hydrogens is 324 g/mol. The lowest BCUT2D eigenvalue weighted by Crippen LogP contribution is -2.40. The van der Waals surface area contributed by atoms with Gasteiger partial charge in [-0.05, 0) is 37.0 Å². The molecular formula is C15H19ClN2O3S. The van der Waals surface area contributed by atoms with Gasteiger partial charge in [0.15, 0.2) is 0 Å². The molecule has 0 bridgehead atoms. The van der Waals surface area contributed by atoms with Crippen molar-refractivity contribution in [2.75, 3.05) is 25.9 Å². The Morgan fingerprint density at radius 1 is 1.32 bits per heavy atom. The molecule has 1 aromatic carbocycles. The van der Waals surface area contributed by atoms with E-state index in [-0.39, 0.29) is 17.9 Å². The molecule has 3 rings (SSSR count). The highest BCUT2D eigenvalue weighted by atomic mass is 35.5. The number of halogens is 1. The number of likely N-dealkylation sites (tertiary alicyclic amines) is 1. The van der Waals surface area contributed by atoms with Crippen LogP contribution in [0.2, 0.25) is 5.02 Å². The molecule has 0 aliphatic carbocycles. The number of carbonyl (C=O) groups is 1. The quantitative estimate of drug-likeness (QED) is 0.822. The van der Waals surface area contributed by atoms with Crippen molar-refractivity contribution in [3.05, 3.63) is 34.3 Å². The molecule has 2 aliphatic heterocycles. The van der Waals surface area contributed by atoms with Crippen LogP contribution in [0.5, 0.6) is 0 Å². The fourth-order valence-electron chi connectivity index (χ4n) is 3.51. The van der Waals surface area contributed by atoms with E-state index >= 15 is 0 Å².